The lowest BCUT2D eigenvalue weighted by Crippen LogP contribution is -2.33. The highest BCUT2D eigenvalue weighted by Gasteiger charge is 2.34. The maximum atomic E-state index is 5.63. The molecule has 0 radical (unpaired) electrons. The van der Waals surface area contributed by atoms with Crippen LogP contribution in [0.5, 0.6) is 0 Å². The van der Waals surface area contributed by atoms with Crippen LogP contribution in [0.25, 0.3) is 0 Å². The highest BCUT2D eigenvalue weighted by atomic mass is 15.3. The molecule has 4 heteroatoms. The number of hydrogen-bond acceptors (Lipinski definition) is 3. The van der Waals surface area contributed by atoms with E-state index < -0.39 is 0 Å². The molecule has 4 nitrogen and oxygen atoms in total. The van der Waals surface area contributed by atoms with Gasteiger partial charge in [-0.2, -0.15) is 5.10 Å². The molecule has 1 fully saturated rings. The number of rotatable bonds is 5. The topological polar surface area (TPSA) is 55.9 Å². The van der Waals surface area contributed by atoms with Gasteiger partial charge >= 0.3 is 0 Å². The highest BCUT2D eigenvalue weighted by Crippen LogP contribution is 2.42. The van der Waals surface area contributed by atoms with E-state index in [4.69, 9.17) is 5.84 Å². The van der Waals surface area contributed by atoms with Gasteiger partial charge in [0.05, 0.1) is 12.2 Å². The van der Waals surface area contributed by atoms with Crippen molar-refractivity contribution in [1.29, 1.82) is 0 Å². The quantitative estimate of drug-likeness (QED) is 0.569. The van der Waals surface area contributed by atoms with E-state index in [1.165, 1.54) is 18.4 Å². The van der Waals surface area contributed by atoms with Gasteiger partial charge in [-0.05, 0) is 31.6 Å². The molecule has 0 aromatic carbocycles. The minimum Gasteiger partial charge on any atom is -0.273 e. The maximum absolute atomic E-state index is 5.63. The minimum absolute atomic E-state index is 0.248. The van der Waals surface area contributed by atoms with Crippen LogP contribution >= 0.6 is 0 Å². The molecule has 1 aliphatic rings. The summed E-state index contributed by atoms with van der Waals surface area (Å²) in [5.41, 5.74) is 4.13. The summed E-state index contributed by atoms with van der Waals surface area (Å²) in [6.07, 6.45) is 6.71. The van der Waals surface area contributed by atoms with Crippen molar-refractivity contribution in [1.82, 2.24) is 15.2 Å². The second kappa shape index (κ2) is 4.33. The molecular weight excluding hydrogens is 188 g/mol. The Morgan fingerprint density at radius 1 is 1.67 bits per heavy atom. The number of hydrazine groups is 1. The van der Waals surface area contributed by atoms with Gasteiger partial charge < -0.3 is 0 Å². The van der Waals surface area contributed by atoms with Crippen LogP contribution in [0.4, 0.5) is 0 Å². The number of nitrogens with zero attached hydrogens (tertiary/aromatic N) is 2. The van der Waals surface area contributed by atoms with Crippen LogP contribution in [-0.4, -0.2) is 9.78 Å². The van der Waals surface area contributed by atoms with Crippen molar-refractivity contribution in [3.8, 4) is 0 Å². The van der Waals surface area contributed by atoms with Crippen molar-refractivity contribution in [2.75, 3.05) is 0 Å². The Bertz CT molecular complexity index is 316. The SMILES string of the molecule is CCn1cc(C(NN)C(C)C2CC2)cn1. The summed E-state index contributed by atoms with van der Waals surface area (Å²) < 4.78 is 1.94. The van der Waals surface area contributed by atoms with Gasteiger partial charge in [-0.1, -0.05) is 6.92 Å². The summed E-state index contributed by atoms with van der Waals surface area (Å²) in [4.78, 5) is 0. The van der Waals surface area contributed by atoms with Gasteiger partial charge in [-0.3, -0.25) is 16.0 Å². The Morgan fingerprint density at radius 2 is 2.40 bits per heavy atom. The van der Waals surface area contributed by atoms with Crippen molar-refractivity contribution in [2.24, 2.45) is 17.7 Å². The summed E-state index contributed by atoms with van der Waals surface area (Å²) in [5, 5.41) is 4.29. The predicted molar refractivity (Wildman–Crippen MR) is 59.9 cm³/mol. The molecule has 1 saturated carbocycles. The Labute approximate surface area is 90.8 Å². The largest absolute Gasteiger partial charge is 0.273 e. The molecule has 15 heavy (non-hydrogen) atoms. The molecule has 3 N–H and O–H groups in total. The van der Waals surface area contributed by atoms with Crippen LogP contribution < -0.4 is 11.3 Å². The van der Waals surface area contributed by atoms with Crippen molar-refractivity contribution < 1.29 is 0 Å². The Balaban J connectivity index is 2.10. The number of nitrogens with one attached hydrogen (secondary N) is 1. The molecule has 2 unspecified atom stereocenters. The average Bonchev–Trinajstić information content (AvgIpc) is 3.00. The second-order valence-corrected chi connectivity index (χ2v) is 4.47. The maximum Gasteiger partial charge on any atom is 0.0538 e. The van der Waals surface area contributed by atoms with Gasteiger partial charge in [0, 0.05) is 18.3 Å². The van der Waals surface area contributed by atoms with Gasteiger partial charge in [-0.25, -0.2) is 0 Å². The van der Waals surface area contributed by atoms with E-state index >= 15 is 0 Å². The fourth-order valence-corrected chi connectivity index (χ4v) is 2.16. The molecule has 0 saturated heterocycles. The van der Waals surface area contributed by atoms with Gasteiger partial charge in [0.15, 0.2) is 0 Å². The van der Waals surface area contributed by atoms with E-state index in [0.29, 0.717) is 5.92 Å². The number of aromatic nitrogens is 2. The van der Waals surface area contributed by atoms with Crippen molar-refractivity contribution in [2.45, 2.75) is 39.3 Å². The molecule has 1 aliphatic carbocycles. The molecule has 1 aromatic heterocycles. The molecule has 0 amide bonds. The number of hydrogen-bond donors (Lipinski definition) is 2. The Kier molecular flexibility index (Phi) is 3.07. The monoisotopic (exact) mass is 208 g/mol. The molecule has 0 spiro atoms. The predicted octanol–water partition coefficient (Wildman–Crippen LogP) is 1.45. The van der Waals surface area contributed by atoms with E-state index in [-0.39, 0.29) is 6.04 Å². The third-order valence-corrected chi connectivity index (χ3v) is 3.41. The van der Waals surface area contributed by atoms with Crippen LogP contribution in [0.15, 0.2) is 12.4 Å². The molecule has 0 bridgehead atoms. The first kappa shape index (κ1) is 10.6. The van der Waals surface area contributed by atoms with Crippen molar-refractivity contribution in [3.63, 3.8) is 0 Å². The lowest BCUT2D eigenvalue weighted by Gasteiger charge is -2.21. The molecule has 1 heterocycles. The smallest absolute Gasteiger partial charge is 0.0538 e. The Morgan fingerprint density at radius 3 is 2.87 bits per heavy atom. The standard InChI is InChI=1S/C11H20N4/c1-3-15-7-10(6-13-15)11(14-12)8(2)9-4-5-9/h6-9,11,14H,3-5,12H2,1-2H3. The lowest BCUT2D eigenvalue weighted by molar-refractivity contribution is 0.354. The summed E-state index contributed by atoms with van der Waals surface area (Å²) in [6.45, 7) is 5.27. The molecule has 1 aromatic rings. The summed E-state index contributed by atoms with van der Waals surface area (Å²) in [7, 11) is 0. The molecule has 2 atom stereocenters. The molecule has 2 rings (SSSR count). The van der Waals surface area contributed by atoms with Crippen LogP contribution in [0.3, 0.4) is 0 Å². The van der Waals surface area contributed by atoms with Gasteiger partial charge in [-0.15, -0.1) is 0 Å². The fraction of sp³-hybridized carbons (Fsp3) is 0.727. The van der Waals surface area contributed by atoms with E-state index in [2.05, 4.69) is 30.6 Å². The zero-order valence-corrected chi connectivity index (χ0v) is 9.48. The van der Waals surface area contributed by atoms with Gasteiger partial charge in [0.2, 0.25) is 0 Å². The summed E-state index contributed by atoms with van der Waals surface area (Å²) in [6, 6.07) is 0.248. The Hall–Kier alpha value is -0.870. The third kappa shape index (κ3) is 2.21. The number of aryl methyl sites for hydroxylation is 1. The van der Waals surface area contributed by atoms with Gasteiger partial charge in [0.25, 0.3) is 0 Å². The average molecular weight is 208 g/mol. The molecule has 84 valence electrons. The fourth-order valence-electron chi connectivity index (χ4n) is 2.16. The summed E-state index contributed by atoms with van der Waals surface area (Å²) in [5.74, 6) is 7.08. The van der Waals surface area contributed by atoms with E-state index in [1.54, 1.807) is 0 Å². The second-order valence-electron chi connectivity index (χ2n) is 4.47. The van der Waals surface area contributed by atoms with Crippen LogP contribution in [0.1, 0.15) is 38.3 Å². The van der Waals surface area contributed by atoms with Crippen molar-refractivity contribution >= 4 is 0 Å². The van der Waals surface area contributed by atoms with E-state index in [0.717, 1.165) is 12.5 Å². The van der Waals surface area contributed by atoms with Crippen LogP contribution in [0.2, 0.25) is 0 Å². The lowest BCUT2D eigenvalue weighted by atomic mass is 9.93. The third-order valence-electron chi connectivity index (χ3n) is 3.41. The number of nitrogens with two attached hydrogens (primary N) is 1. The normalized spacial score (nSPS) is 20.2. The first-order valence-corrected chi connectivity index (χ1v) is 5.74. The van der Waals surface area contributed by atoms with Crippen LogP contribution in [0, 0.1) is 11.8 Å². The minimum atomic E-state index is 0.248. The molecular formula is C11H20N4. The molecule has 0 aliphatic heterocycles. The van der Waals surface area contributed by atoms with Crippen LogP contribution in [-0.2, 0) is 6.54 Å². The first-order valence-electron chi connectivity index (χ1n) is 5.74. The first-order chi connectivity index (χ1) is 7.26. The summed E-state index contributed by atoms with van der Waals surface area (Å²) >= 11 is 0. The zero-order valence-electron chi connectivity index (χ0n) is 9.48. The van der Waals surface area contributed by atoms with Gasteiger partial charge in [0.1, 0.15) is 0 Å². The highest BCUT2D eigenvalue weighted by molar-refractivity contribution is 5.12. The van der Waals surface area contributed by atoms with E-state index in [9.17, 15) is 0 Å². The van der Waals surface area contributed by atoms with E-state index in [1.807, 2.05) is 10.9 Å². The van der Waals surface area contributed by atoms with Crippen molar-refractivity contribution in [3.05, 3.63) is 18.0 Å². The zero-order chi connectivity index (χ0) is 10.8.